The maximum absolute atomic E-state index is 13.4. The quantitative estimate of drug-likeness (QED) is 0.591. The molecule has 1 unspecified atom stereocenters. The highest BCUT2D eigenvalue weighted by Gasteiger charge is 2.38. The number of nitrogens with one attached hydrogen (secondary N) is 1. The van der Waals surface area contributed by atoms with Crippen LogP contribution >= 0.6 is 24.0 Å². The molecule has 0 radical (unpaired) electrons. The first kappa shape index (κ1) is 25.5. The van der Waals surface area contributed by atoms with Crippen molar-refractivity contribution in [2.45, 2.75) is 52.1 Å². The van der Waals surface area contributed by atoms with Crippen LogP contribution in [0.5, 0.6) is 0 Å². The number of carbonyl (C=O) groups excluding carboxylic acids is 2. The van der Waals surface area contributed by atoms with Crippen molar-refractivity contribution < 1.29 is 14.0 Å². The molecule has 33 heavy (non-hydrogen) atoms. The highest BCUT2D eigenvalue weighted by molar-refractivity contribution is 6.31. The van der Waals surface area contributed by atoms with Crippen molar-refractivity contribution in [3.8, 4) is 0 Å². The number of aryl methyl sites for hydroxylation is 1. The normalized spacial score (nSPS) is 18.4. The largest absolute Gasteiger partial charge is 0.298 e. The van der Waals surface area contributed by atoms with Gasteiger partial charge in [-0.25, -0.2) is 4.39 Å². The minimum Gasteiger partial charge on any atom is -0.298 e. The Morgan fingerprint density at radius 1 is 1.18 bits per heavy atom. The molecule has 5 nitrogen and oxygen atoms in total. The summed E-state index contributed by atoms with van der Waals surface area (Å²) in [7, 11) is 0. The van der Waals surface area contributed by atoms with E-state index in [0.717, 1.165) is 44.8 Å². The van der Waals surface area contributed by atoms with Gasteiger partial charge in [-0.1, -0.05) is 29.8 Å². The highest BCUT2D eigenvalue weighted by Crippen LogP contribution is 2.30. The Labute approximate surface area is 205 Å². The molecule has 2 aromatic rings. The third-order valence-corrected chi connectivity index (χ3v) is 6.81. The number of likely N-dealkylation sites (tertiary alicyclic amines) is 1. The fourth-order valence-corrected chi connectivity index (χ4v) is 4.47. The van der Waals surface area contributed by atoms with E-state index in [1.54, 1.807) is 0 Å². The lowest BCUT2D eigenvalue weighted by atomic mass is 9.95. The molecule has 2 aliphatic rings. The smallest absolute Gasteiger partial charge is 0.269 e. The van der Waals surface area contributed by atoms with E-state index in [4.69, 9.17) is 11.6 Å². The van der Waals surface area contributed by atoms with Crippen LogP contribution in [0.25, 0.3) is 0 Å². The molecule has 1 saturated carbocycles. The first-order valence-electron chi connectivity index (χ1n) is 11.2. The van der Waals surface area contributed by atoms with E-state index in [9.17, 15) is 14.0 Å². The van der Waals surface area contributed by atoms with Gasteiger partial charge in [0.25, 0.3) is 5.91 Å². The number of hydrogen-bond donors (Lipinski definition) is 1. The molecule has 2 fully saturated rings. The van der Waals surface area contributed by atoms with Crippen LogP contribution in [0.3, 0.4) is 0 Å². The number of nitrogens with zero attached hydrogens (tertiary/aromatic N) is 2. The molecule has 2 amide bonds. The van der Waals surface area contributed by atoms with Gasteiger partial charge in [0.1, 0.15) is 5.82 Å². The summed E-state index contributed by atoms with van der Waals surface area (Å²) in [6, 6.07) is 10.2. The Hall–Kier alpha value is -2.15. The molecular formula is C25H30Cl2FN3O2. The van der Waals surface area contributed by atoms with Gasteiger partial charge in [0.15, 0.2) is 0 Å². The number of halogens is 3. The maximum Gasteiger partial charge on any atom is 0.269 e. The Balaban J connectivity index is 0.00000306. The van der Waals surface area contributed by atoms with E-state index in [0.29, 0.717) is 6.54 Å². The standard InChI is InChI=1S/C25H29ClFN3O2.ClH/c1-16-5-3-6-19(17(16)2)14-29-12-4-7-20(15-29)25(32)30(21-9-10-21)28-24(31)18-8-11-23(27)22(26)13-18;/h3,5-6,8,11,13,20-21H,4,7,9-10,12,14-15H2,1-2H3,(H,28,31);1H. The predicted molar refractivity (Wildman–Crippen MR) is 130 cm³/mol. The van der Waals surface area contributed by atoms with Gasteiger partial charge in [0.2, 0.25) is 5.91 Å². The monoisotopic (exact) mass is 493 g/mol. The molecular weight excluding hydrogens is 464 g/mol. The van der Waals surface area contributed by atoms with Crippen molar-refractivity contribution in [2.24, 2.45) is 5.92 Å². The molecule has 178 valence electrons. The van der Waals surface area contributed by atoms with Crippen molar-refractivity contribution >= 4 is 35.8 Å². The molecule has 1 N–H and O–H groups in total. The van der Waals surface area contributed by atoms with Crippen molar-refractivity contribution in [1.82, 2.24) is 15.3 Å². The summed E-state index contributed by atoms with van der Waals surface area (Å²) in [5, 5.41) is 1.39. The van der Waals surface area contributed by atoms with Crippen LogP contribution in [0.2, 0.25) is 5.02 Å². The van der Waals surface area contributed by atoms with Crippen LogP contribution in [0, 0.1) is 25.6 Å². The van der Waals surface area contributed by atoms with Gasteiger partial charge in [-0.2, -0.15) is 0 Å². The average Bonchev–Trinajstić information content (AvgIpc) is 3.62. The van der Waals surface area contributed by atoms with Crippen molar-refractivity contribution in [2.75, 3.05) is 13.1 Å². The number of hydrazine groups is 1. The second-order valence-corrected chi connectivity index (χ2v) is 9.35. The zero-order valence-electron chi connectivity index (χ0n) is 18.9. The molecule has 1 aliphatic heterocycles. The molecule has 0 aromatic heterocycles. The third-order valence-electron chi connectivity index (χ3n) is 6.52. The minimum atomic E-state index is -0.579. The first-order chi connectivity index (χ1) is 15.3. The lowest BCUT2D eigenvalue weighted by Gasteiger charge is -2.35. The maximum atomic E-state index is 13.4. The molecule has 2 aromatic carbocycles. The van der Waals surface area contributed by atoms with Crippen LogP contribution in [0.4, 0.5) is 4.39 Å². The zero-order chi connectivity index (χ0) is 22.8. The molecule has 4 rings (SSSR count). The summed E-state index contributed by atoms with van der Waals surface area (Å²) in [4.78, 5) is 28.4. The van der Waals surface area contributed by atoms with E-state index in [1.807, 2.05) is 0 Å². The van der Waals surface area contributed by atoms with Crippen LogP contribution in [-0.4, -0.2) is 40.9 Å². The molecule has 8 heteroatoms. The van der Waals surface area contributed by atoms with Gasteiger partial charge >= 0.3 is 0 Å². The van der Waals surface area contributed by atoms with Crippen molar-refractivity contribution in [1.29, 1.82) is 0 Å². The fourth-order valence-electron chi connectivity index (χ4n) is 4.29. The number of benzene rings is 2. The molecule has 0 spiro atoms. The summed E-state index contributed by atoms with van der Waals surface area (Å²) in [5.41, 5.74) is 6.86. The van der Waals surface area contributed by atoms with Crippen LogP contribution in [0.15, 0.2) is 36.4 Å². The van der Waals surface area contributed by atoms with Crippen molar-refractivity contribution in [3.05, 3.63) is 69.5 Å². The van der Waals surface area contributed by atoms with Crippen LogP contribution in [-0.2, 0) is 11.3 Å². The Bertz CT molecular complexity index is 1030. The van der Waals surface area contributed by atoms with Gasteiger partial charge in [0, 0.05) is 18.7 Å². The summed E-state index contributed by atoms with van der Waals surface area (Å²) >= 11 is 5.82. The van der Waals surface area contributed by atoms with Gasteiger partial charge in [-0.15, -0.1) is 12.4 Å². The van der Waals surface area contributed by atoms with Crippen LogP contribution in [0.1, 0.15) is 52.7 Å². The van der Waals surface area contributed by atoms with E-state index in [1.165, 1.54) is 33.8 Å². The van der Waals surface area contributed by atoms with Gasteiger partial charge < -0.3 is 0 Å². The number of amides is 2. The molecule has 1 saturated heterocycles. The molecule has 1 atom stereocenters. The van der Waals surface area contributed by atoms with Crippen molar-refractivity contribution in [3.63, 3.8) is 0 Å². The zero-order valence-corrected chi connectivity index (χ0v) is 20.5. The van der Waals surface area contributed by atoms with Gasteiger partial charge in [-0.3, -0.25) is 24.9 Å². The number of piperidine rings is 1. The van der Waals surface area contributed by atoms with Crippen LogP contribution < -0.4 is 5.43 Å². The minimum absolute atomic E-state index is 0. The van der Waals surface area contributed by atoms with E-state index in [2.05, 4.69) is 42.4 Å². The second kappa shape index (κ2) is 10.9. The van der Waals surface area contributed by atoms with Gasteiger partial charge in [-0.05, 0) is 81.0 Å². The lowest BCUT2D eigenvalue weighted by molar-refractivity contribution is -0.140. The summed E-state index contributed by atoms with van der Waals surface area (Å²) in [6.45, 7) is 6.71. The Kier molecular flexibility index (Phi) is 8.38. The van der Waals surface area contributed by atoms with Gasteiger partial charge in [0.05, 0.1) is 17.0 Å². The second-order valence-electron chi connectivity index (χ2n) is 8.94. The molecule has 1 aliphatic carbocycles. The topological polar surface area (TPSA) is 52.7 Å². The fraction of sp³-hybridized carbons (Fsp3) is 0.440. The van der Waals surface area contributed by atoms with E-state index in [-0.39, 0.29) is 40.9 Å². The number of hydrogen-bond acceptors (Lipinski definition) is 3. The third kappa shape index (κ3) is 6.05. The van der Waals surface area contributed by atoms with E-state index >= 15 is 0 Å². The SMILES string of the molecule is Cc1cccc(CN2CCCC(C(=O)N(NC(=O)c3ccc(F)c(Cl)c3)C3CC3)C2)c1C.Cl. The molecule has 1 heterocycles. The summed E-state index contributed by atoms with van der Waals surface area (Å²) < 4.78 is 13.4. The number of rotatable bonds is 5. The lowest BCUT2D eigenvalue weighted by Crippen LogP contribution is -2.52. The Morgan fingerprint density at radius 2 is 1.94 bits per heavy atom. The summed E-state index contributed by atoms with van der Waals surface area (Å²) in [5.74, 6) is -1.23. The molecule has 0 bridgehead atoms. The summed E-state index contributed by atoms with van der Waals surface area (Å²) in [6.07, 6.45) is 3.50. The van der Waals surface area contributed by atoms with E-state index < -0.39 is 11.7 Å². The highest BCUT2D eigenvalue weighted by atomic mass is 35.5. The number of carbonyl (C=O) groups is 2. The average molecular weight is 494 g/mol. The Morgan fingerprint density at radius 3 is 2.64 bits per heavy atom. The predicted octanol–water partition coefficient (Wildman–Crippen LogP) is 5.07. The first-order valence-corrected chi connectivity index (χ1v) is 11.6.